The van der Waals surface area contributed by atoms with E-state index in [0.717, 1.165) is 24.2 Å². The van der Waals surface area contributed by atoms with Crippen molar-refractivity contribution in [1.29, 1.82) is 0 Å². The summed E-state index contributed by atoms with van der Waals surface area (Å²) in [4.78, 5) is 0. The van der Waals surface area contributed by atoms with Crippen LogP contribution < -0.4 is 5.32 Å². The quantitative estimate of drug-likeness (QED) is 0.845. The lowest BCUT2D eigenvalue weighted by Crippen LogP contribution is -2.11. The van der Waals surface area contributed by atoms with Crippen LogP contribution in [0.4, 0.5) is 4.39 Å². The molecule has 0 aromatic heterocycles. The van der Waals surface area contributed by atoms with Gasteiger partial charge in [0, 0.05) is 27.7 Å². The maximum absolute atomic E-state index is 13.3. The fourth-order valence-electron chi connectivity index (χ4n) is 1.86. The third kappa shape index (κ3) is 3.47. The Bertz CT molecular complexity index is 584. The lowest BCUT2D eigenvalue weighted by atomic mass is 10.0. The summed E-state index contributed by atoms with van der Waals surface area (Å²) in [5.41, 5.74) is 2.44. The van der Waals surface area contributed by atoms with E-state index >= 15 is 0 Å². The van der Waals surface area contributed by atoms with Gasteiger partial charge in [-0.25, -0.2) is 4.39 Å². The molecule has 0 saturated carbocycles. The Morgan fingerprint density at radius 1 is 1.00 bits per heavy atom. The smallest absolute Gasteiger partial charge is 0.123 e. The second kappa shape index (κ2) is 6.38. The summed E-state index contributed by atoms with van der Waals surface area (Å²) in [5.74, 6) is -0.327. The Balaban J connectivity index is 2.37. The van der Waals surface area contributed by atoms with Crippen molar-refractivity contribution in [2.75, 3.05) is 6.54 Å². The highest BCUT2D eigenvalue weighted by atomic mass is 35.5. The summed E-state index contributed by atoms with van der Waals surface area (Å²) in [5, 5.41) is 4.29. The van der Waals surface area contributed by atoms with E-state index < -0.39 is 0 Å². The predicted molar refractivity (Wildman–Crippen MR) is 79.2 cm³/mol. The molecule has 0 aliphatic heterocycles. The van der Waals surface area contributed by atoms with Gasteiger partial charge in [-0.05, 0) is 36.4 Å². The molecule has 0 atom stereocenters. The van der Waals surface area contributed by atoms with Crippen LogP contribution in [-0.2, 0) is 6.54 Å². The molecule has 2 rings (SSSR count). The third-order valence-corrected chi connectivity index (χ3v) is 3.47. The Morgan fingerprint density at radius 2 is 1.79 bits per heavy atom. The van der Waals surface area contributed by atoms with Crippen LogP contribution in [0.25, 0.3) is 11.1 Å². The zero-order chi connectivity index (χ0) is 13.8. The normalized spacial score (nSPS) is 10.7. The van der Waals surface area contributed by atoms with Crippen molar-refractivity contribution in [3.8, 4) is 11.1 Å². The van der Waals surface area contributed by atoms with Gasteiger partial charge in [-0.1, -0.05) is 42.3 Å². The number of hydrogen-bond donors (Lipinski definition) is 1. The van der Waals surface area contributed by atoms with Crippen LogP contribution in [0, 0.1) is 5.82 Å². The molecule has 0 aliphatic carbocycles. The highest BCUT2D eigenvalue weighted by Gasteiger charge is 2.09. The van der Waals surface area contributed by atoms with Crippen molar-refractivity contribution < 1.29 is 4.39 Å². The number of rotatable bonds is 4. The molecule has 2 aromatic rings. The molecule has 100 valence electrons. The first-order chi connectivity index (χ1) is 9.11. The minimum Gasteiger partial charge on any atom is -0.313 e. The summed E-state index contributed by atoms with van der Waals surface area (Å²) in [7, 11) is 0. The van der Waals surface area contributed by atoms with Crippen LogP contribution in [0.15, 0.2) is 36.4 Å². The molecule has 2 aromatic carbocycles. The Labute approximate surface area is 122 Å². The minimum atomic E-state index is -0.327. The number of hydrogen-bond acceptors (Lipinski definition) is 1. The van der Waals surface area contributed by atoms with Gasteiger partial charge in [-0.15, -0.1) is 0 Å². The fraction of sp³-hybridized carbons (Fsp3) is 0.200. The van der Waals surface area contributed by atoms with Crippen LogP contribution in [-0.4, -0.2) is 6.54 Å². The molecule has 19 heavy (non-hydrogen) atoms. The van der Waals surface area contributed by atoms with Crippen LogP contribution in [0.2, 0.25) is 10.0 Å². The number of halogens is 3. The zero-order valence-electron chi connectivity index (χ0n) is 10.5. The summed E-state index contributed by atoms with van der Waals surface area (Å²) >= 11 is 12.3. The van der Waals surface area contributed by atoms with E-state index in [1.807, 2.05) is 25.1 Å². The van der Waals surface area contributed by atoms with Gasteiger partial charge in [-0.2, -0.15) is 0 Å². The van der Waals surface area contributed by atoms with Gasteiger partial charge in [0.1, 0.15) is 5.82 Å². The van der Waals surface area contributed by atoms with Crippen molar-refractivity contribution in [1.82, 2.24) is 5.32 Å². The number of nitrogens with one attached hydrogen (secondary N) is 1. The van der Waals surface area contributed by atoms with Crippen molar-refractivity contribution in [2.24, 2.45) is 0 Å². The van der Waals surface area contributed by atoms with Crippen molar-refractivity contribution in [2.45, 2.75) is 13.5 Å². The fourth-order valence-corrected chi connectivity index (χ4v) is 2.38. The third-order valence-electron chi connectivity index (χ3n) is 2.83. The molecule has 0 radical (unpaired) electrons. The van der Waals surface area contributed by atoms with Gasteiger partial charge in [0.15, 0.2) is 0 Å². The molecule has 0 bridgehead atoms. The topological polar surface area (TPSA) is 12.0 Å². The average molecular weight is 298 g/mol. The molecule has 0 heterocycles. The summed E-state index contributed by atoms with van der Waals surface area (Å²) in [6, 6.07) is 9.98. The Hall–Kier alpha value is -1.09. The maximum atomic E-state index is 13.3. The van der Waals surface area contributed by atoms with E-state index in [1.165, 1.54) is 18.2 Å². The lowest BCUT2D eigenvalue weighted by Gasteiger charge is -2.09. The molecule has 4 heteroatoms. The van der Waals surface area contributed by atoms with Gasteiger partial charge in [0.05, 0.1) is 0 Å². The number of benzene rings is 2. The summed E-state index contributed by atoms with van der Waals surface area (Å²) in [6.45, 7) is 3.70. The molecule has 0 aliphatic rings. The molecule has 0 unspecified atom stereocenters. The molecule has 1 N–H and O–H groups in total. The lowest BCUT2D eigenvalue weighted by molar-refractivity contribution is 0.628. The summed E-state index contributed by atoms with van der Waals surface area (Å²) < 4.78 is 13.3. The van der Waals surface area contributed by atoms with Gasteiger partial charge in [0.2, 0.25) is 0 Å². The van der Waals surface area contributed by atoms with Gasteiger partial charge in [-0.3, -0.25) is 0 Å². The Kier molecular flexibility index (Phi) is 4.81. The van der Waals surface area contributed by atoms with Crippen LogP contribution in [0.3, 0.4) is 0 Å². The summed E-state index contributed by atoms with van der Waals surface area (Å²) in [6.07, 6.45) is 0. The van der Waals surface area contributed by atoms with Crippen LogP contribution in [0.5, 0.6) is 0 Å². The second-order valence-corrected chi connectivity index (χ2v) is 5.03. The van der Waals surface area contributed by atoms with Gasteiger partial charge in [0.25, 0.3) is 0 Å². The van der Waals surface area contributed by atoms with E-state index in [9.17, 15) is 4.39 Å². The second-order valence-electron chi connectivity index (χ2n) is 4.22. The molecular formula is C15H14Cl2FN. The standard InChI is InChI=1S/C15H14Cl2FN/c1-2-19-9-10-3-5-12(15(17)7-10)13-8-11(18)4-6-14(13)16/h3-8,19H,2,9H2,1H3. The molecule has 0 spiro atoms. The average Bonchev–Trinajstić information content (AvgIpc) is 2.40. The van der Waals surface area contributed by atoms with E-state index in [-0.39, 0.29) is 5.82 Å². The highest BCUT2D eigenvalue weighted by Crippen LogP contribution is 2.34. The molecule has 0 saturated heterocycles. The predicted octanol–water partition coefficient (Wildman–Crippen LogP) is 4.91. The largest absolute Gasteiger partial charge is 0.313 e. The van der Waals surface area contributed by atoms with E-state index in [2.05, 4.69) is 5.32 Å². The molecule has 0 fully saturated rings. The highest BCUT2D eigenvalue weighted by molar-refractivity contribution is 6.36. The van der Waals surface area contributed by atoms with Crippen LogP contribution in [0.1, 0.15) is 12.5 Å². The first-order valence-electron chi connectivity index (χ1n) is 6.06. The maximum Gasteiger partial charge on any atom is 0.123 e. The Morgan fingerprint density at radius 3 is 2.47 bits per heavy atom. The first kappa shape index (κ1) is 14.3. The molecule has 0 amide bonds. The molecular weight excluding hydrogens is 284 g/mol. The van der Waals surface area contributed by atoms with Crippen LogP contribution >= 0.6 is 23.2 Å². The zero-order valence-corrected chi connectivity index (χ0v) is 12.0. The first-order valence-corrected chi connectivity index (χ1v) is 6.82. The van der Waals surface area contributed by atoms with Crippen molar-refractivity contribution in [3.63, 3.8) is 0 Å². The molecule has 1 nitrogen and oxygen atoms in total. The minimum absolute atomic E-state index is 0.327. The van der Waals surface area contributed by atoms with E-state index in [4.69, 9.17) is 23.2 Å². The van der Waals surface area contributed by atoms with E-state index in [0.29, 0.717) is 15.6 Å². The van der Waals surface area contributed by atoms with Crippen molar-refractivity contribution >= 4 is 23.2 Å². The SMILES string of the molecule is CCNCc1ccc(-c2cc(F)ccc2Cl)c(Cl)c1. The van der Waals surface area contributed by atoms with E-state index in [1.54, 1.807) is 0 Å². The van der Waals surface area contributed by atoms with Crippen molar-refractivity contribution in [3.05, 3.63) is 57.8 Å². The van der Waals surface area contributed by atoms with Gasteiger partial charge < -0.3 is 5.32 Å². The monoisotopic (exact) mass is 297 g/mol. The van der Waals surface area contributed by atoms with Gasteiger partial charge >= 0.3 is 0 Å².